The molecule has 2 aromatic rings. The maximum atomic E-state index is 10.7. The van der Waals surface area contributed by atoms with E-state index in [1.165, 1.54) is 24.4 Å². The highest BCUT2D eigenvalue weighted by atomic mass is 35.5. The van der Waals surface area contributed by atoms with Crippen molar-refractivity contribution in [1.82, 2.24) is 4.98 Å². The molecule has 0 aliphatic rings. The second-order valence-electron chi connectivity index (χ2n) is 3.96. The molecule has 0 saturated carbocycles. The van der Waals surface area contributed by atoms with E-state index in [1.54, 1.807) is 12.3 Å². The molecule has 1 heterocycles. The van der Waals surface area contributed by atoms with Crippen molar-refractivity contribution >= 4 is 17.3 Å². The summed E-state index contributed by atoms with van der Waals surface area (Å²) in [7, 11) is 0. The van der Waals surface area contributed by atoms with Crippen LogP contribution in [0, 0.1) is 10.1 Å². The normalized spacial score (nSPS) is 10.3. The molecule has 1 aromatic carbocycles. The van der Waals surface area contributed by atoms with Gasteiger partial charge in [0.25, 0.3) is 5.69 Å². The van der Waals surface area contributed by atoms with Crippen molar-refractivity contribution in [3.63, 3.8) is 0 Å². The van der Waals surface area contributed by atoms with Gasteiger partial charge < -0.3 is 9.84 Å². The van der Waals surface area contributed by atoms with Crippen LogP contribution in [-0.4, -0.2) is 15.0 Å². The molecule has 0 fully saturated rings. The quantitative estimate of drug-likeness (QED) is 0.677. The van der Waals surface area contributed by atoms with E-state index >= 15 is 0 Å². The molecule has 0 amide bonds. The molecule has 0 aliphatic carbocycles. The molecule has 6 nitrogen and oxygen atoms in total. The van der Waals surface area contributed by atoms with E-state index in [9.17, 15) is 15.2 Å². The van der Waals surface area contributed by atoms with Crippen LogP contribution >= 0.6 is 11.6 Å². The predicted octanol–water partition coefficient (Wildman–Crippen LogP) is 2.71. The van der Waals surface area contributed by atoms with Gasteiger partial charge in [0, 0.05) is 35.7 Å². The number of aliphatic hydroxyl groups is 1. The van der Waals surface area contributed by atoms with Gasteiger partial charge >= 0.3 is 0 Å². The molecule has 0 aliphatic heterocycles. The van der Waals surface area contributed by atoms with Gasteiger partial charge in [0.1, 0.15) is 12.4 Å². The van der Waals surface area contributed by atoms with Gasteiger partial charge in [-0.1, -0.05) is 11.6 Å². The average molecular weight is 295 g/mol. The minimum absolute atomic E-state index is 0.0941. The highest BCUT2D eigenvalue weighted by molar-refractivity contribution is 6.31. The van der Waals surface area contributed by atoms with Crippen molar-refractivity contribution in [2.24, 2.45) is 0 Å². The summed E-state index contributed by atoms with van der Waals surface area (Å²) in [5, 5.41) is 20.4. The lowest BCUT2D eigenvalue weighted by Crippen LogP contribution is -2.00. The monoisotopic (exact) mass is 294 g/mol. The van der Waals surface area contributed by atoms with Gasteiger partial charge in [0.15, 0.2) is 0 Å². The third kappa shape index (κ3) is 3.23. The van der Waals surface area contributed by atoms with Crippen molar-refractivity contribution in [3.8, 4) is 5.75 Å². The molecular formula is C13H11ClN2O4. The predicted molar refractivity (Wildman–Crippen MR) is 72.6 cm³/mol. The summed E-state index contributed by atoms with van der Waals surface area (Å²) in [6.45, 7) is -0.159. The van der Waals surface area contributed by atoms with Gasteiger partial charge in [-0.05, 0) is 12.1 Å². The van der Waals surface area contributed by atoms with Gasteiger partial charge in [-0.15, -0.1) is 0 Å². The first kappa shape index (κ1) is 14.2. The first-order valence-electron chi connectivity index (χ1n) is 5.71. The number of aromatic nitrogens is 1. The summed E-state index contributed by atoms with van der Waals surface area (Å²) in [5.41, 5.74) is 0.997. The number of rotatable bonds is 5. The molecule has 1 aromatic heterocycles. The van der Waals surface area contributed by atoms with E-state index in [0.717, 1.165) is 5.56 Å². The number of hydrogen-bond donors (Lipinski definition) is 1. The summed E-state index contributed by atoms with van der Waals surface area (Å²) < 4.78 is 5.53. The van der Waals surface area contributed by atoms with Gasteiger partial charge in [-0.2, -0.15) is 0 Å². The molecule has 0 atom stereocenters. The maximum absolute atomic E-state index is 10.7. The van der Waals surface area contributed by atoms with Crippen LogP contribution in [0.15, 0.2) is 36.7 Å². The fourth-order valence-electron chi connectivity index (χ4n) is 1.62. The van der Waals surface area contributed by atoms with Crippen molar-refractivity contribution < 1.29 is 14.8 Å². The number of benzene rings is 1. The first-order valence-corrected chi connectivity index (χ1v) is 6.09. The number of nitro benzene ring substituents is 1. The smallest absolute Gasteiger partial charge is 0.270 e. The zero-order valence-electron chi connectivity index (χ0n) is 10.3. The van der Waals surface area contributed by atoms with Crippen LogP contribution in [0.5, 0.6) is 5.75 Å². The van der Waals surface area contributed by atoms with Gasteiger partial charge in [-0.3, -0.25) is 15.1 Å². The van der Waals surface area contributed by atoms with Gasteiger partial charge in [-0.25, -0.2) is 0 Å². The second kappa shape index (κ2) is 6.31. The summed E-state index contributed by atoms with van der Waals surface area (Å²) in [5.74, 6) is 0.381. The Hall–Kier alpha value is -2.18. The molecule has 0 saturated heterocycles. The Labute approximate surface area is 119 Å². The number of nitro groups is 1. The number of pyridine rings is 1. The van der Waals surface area contributed by atoms with E-state index in [2.05, 4.69) is 4.98 Å². The summed E-state index contributed by atoms with van der Waals surface area (Å²) in [4.78, 5) is 14.0. The SMILES string of the molecule is O=[N+]([O-])c1ccc(OCc2ccncc2Cl)c(CO)c1. The summed E-state index contributed by atoms with van der Waals surface area (Å²) in [6, 6.07) is 5.78. The topological polar surface area (TPSA) is 85.5 Å². The van der Waals surface area contributed by atoms with Crippen LogP contribution in [0.25, 0.3) is 0 Å². The summed E-state index contributed by atoms with van der Waals surface area (Å²) >= 11 is 5.95. The molecule has 0 radical (unpaired) electrons. The van der Waals surface area contributed by atoms with Gasteiger partial charge in [0.2, 0.25) is 0 Å². The molecule has 104 valence electrons. The molecule has 0 bridgehead atoms. The molecule has 7 heteroatoms. The highest BCUT2D eigenvalue weighted by Gasteiger charge is 2.11. The Morgan fingerprint density at radius 3 is 2.80 bits per heavy atom. The number of hydrogen-bond acceptors (Lipinski definition) is 5. The largest absolute Gasteiger partial charge is 0.488 e. The fraction of sp³-hybridized carbons (Fsp3) is 0.154. The molecule has 20 heavy (non-hydrogen) atoms. The van der Waals surface area contributed by atoms with Crippen molar-refractivity contribution in [2.45, 2.75) is 13.2 Å². The van der Waals surface area contributed by atoms with E-state index in [-0.39, 0.29) is 18.9 Å². The first-order chi connectivity index (χ1) is 9.61. The number of aliphatic hydroxyl groups excluding tert-OH is 1. The Morgan fingerprint density at radius 2 is 2.15 bits per heavy atom. The van der Waals surface area contributed by atoms with Crippen LogP contribution < -0.4 is 4.74 Å². The Balaban J connectivity index is 2.17. The molecule has 0 unspecified atom stereocenters. The van der Waals surface area contributed by atoms with Crippen LogP contribution in [0.1, 0.15) is 11.1 Å². The minimum Gasteiger partial charge on any atom is -0.488 e. The fourth-order valence-corrected chi connectivity index (χ4v) is 1.79. The standard InChI is InChI=1S/C13H11ClN2O4/c14-12-6-15-4-3-9(12)8-20-13-2-1-11(16(18)19)5-10(13)7-17/h1-6,17H,7-8H2. The lowest BCUT2D eigenvalue weighted by molar-refractivity contribution is -0.385. The molecule has 2 rings (SSSR count). The van der Waals surface area contributed by atoms with Crippen LogP contribution in [0.4, 0.5) is 5.69 Å². The number of halogens is 1. The van der Waals surface area contributed by atoms with E-state index in [0.29, 0.717) is 16.3 Å². The maximum Gasteiger partial charge on any atom is 0.270 e. The van der Waals surface area contributed by atoms with Crippen LogP contribution in [0.3, 0.4) is 0 Å². The number of nitrogens with zero attached hydrogens (tertiary/aromatic N) is 2. The van der Waals surface area contributed by atoms with Crippen LogP contribution in [-0.2, 0) is 13.2 Å². The zero-order chi connectivity index (χ0) is 14.5. The number of ether oxygens (including phenoxy) is 1. The van der Waals surface area contributed by atoms with Crippen molar-refractivity contribution in [2.75, 3.05) is 0 Å². The van der Waals surface area contributed by atoms with Crippen molar-refractivity contribution in [1.29, 1.82) is 0 Å². The Bertz CT molecular complexity index is 634. The second-order valence-corrected chi connectivity index (χ2v) is 4.37. The Kier molecular flexibility index (Phi) is 4.49. The van der Waals surface area contributed by atoms with Crippen LogP contribution in [0.2, 0.25) is 5.02 Å². The third-order valence-corrected chi connectivity index (χ3v) is 3.01. The van der Waals surface area contributed by atoms with E-state index < -0.39 is 4.92 Å². The average Bonchev–Trinajstić information content (AvgIpc) is 2.46. The molecular weight excluding hydrogens is 284 g/mol. The van der Waals surface area contributed by atoms with E-state index in [1.807, 2.05) is 0 Å². The zero-order valence-corrected chi connectivity index (χ0v) is 11.1. The number of non-ortho nitro benzene ring substituents is 1. The molecule has 0 spiro atoms. The van der Waals surface area contributed by atoms with Crippen molar-refractivity contribution in [3.05, 3.63) is 62.9 Å². The van der Waals surface area contributed by atoms with Gasteiger partial charge in [0.05, 0.1) is 16.6 Å². The Morgan fingerprint density at radius 1 is 1.35 bits per heavy atom. The highest BCUT2D eigenvalue weighted by Crippen LogP contribution is 2.25. The lowest BCUT2D eigenvalue weighted by atomic mass is 10.2. The molecule has 1 N–H and O–H groups in total. The third-order valence-electron chi connectivity index (χ3n) is 2.66. The minimum atomic E-state index is -0.525. The van der Waals surface area contributed by atoms with E-state index in [4.69, 9.17) is 16.3 Å². The lowest BCUT2D eigenvalue weighted by Gasteiger charge is -2.10. The summed E-state index contributed by atoms with van der Waals surface area (Å²) in [6.07, 6.45) is 3.09.